The zero-order chi connectivity index (χ0) is 16.8. The van der Waals surface area contributed by atoms with E-state index in [0.717, 1.165) is 17.1 Å². The Labute approximate surface area is 136 Å². The zero-order valence-electron chi connectivity index (χ0n) is 12.4. The van der Waals surface area contributed by atoms with Gasteiger partial charge in [-0.2, -0.15) is 5.84 Å². The summed E-state index contributed by atoms with van der Waals surface area (Å²) in [6.45, 7) is 0.750. The summed E-state index contributed by atoms with van der Waals surface area (Å²) in [6.07, 6.45) is 0. The number of rotatable bonds is 3. The molecule has 7 heteroatoms. The minimum atomic E-state index is -4.25. The van der Waals surface area contributed by atoms with Crippen LogP contribution < -0.4 is 5.84 Å². The van der Waals surface area contributed by atoms with Crippen LogP contribution in [0.15, 0.2) is 59.5 Å². The van der Waals surface area contributed by atoms with Crippen LogP contribution in [-0.2, 0) is 16.7 Å². The Morgan fingerprint density at radius 3 is 1.95 bits per heavy atom. The molecule has 5 nitrogen and oxygen atoms in total. The molecule has 22 heavy (non-hydrogen) atoms. The van der Waals surface area contributed by atoms with Gasteiger partial charge in [-0.15, -0.1) is 0 Å². The molecule has 0 aliphatic heterocycles. The molecular weight excluding hydrogens is 324 g/mol. The second-order valence-electron chi connectivity index (χ2n) is 5.30. The molecule has 2 aromatic rings. The van der Waals surface area contributed by atoms with E-state index in [1.807, 2.05) is 38.4 Å². The summed E-state index contributed by atoms with van der Waals surface area (Å²) in [5, 5.41) is 0.786. The summed E-state index contributed by atoms with van der Waals surface area (Å²) in [5.74, 6) is 5.82. The van der Waals surface area contributed by atoms with Crippen LogP contribution in [-0.4, -0.2) is 31.7 Å². The Bertz CT molecular complexity index is 698. The van der Waals surface area contributed by atoms with Crippen molar-refractivity contribution in [2.45, 2.75) is 11.4 Å². The molecule has 0 aliphatic carbocycles. The van der Waals surface area contributed by atoms with Crippen molar-refractivity contribution in [1.82, 2.24) is 0 Å². The summed E-state index contributed by atoms with van der Waals surface area (Å²) in [5.41, 5.74) is 1.09. The molecule has 0 saturated heterocycles. The van der Waals surface area contributed by atoms with Gasteiger partial charge in [0.15, 0.2) is 0 Å². The maximum Gasteiger partial charge on any atom is 0.124 e. The third-order valence-electron chi connectivity index (χ3n) is 2.57. The maximum absolute atomic E-state index is 10.3. The van der Waals surface area contributed by atoms with Gasteiger partial charge in [0, 0.05) is 10.6 Å². The van der Waals surface area contributed by atoms with Crippen molar-refractivity contribution in [3.8, 4) is 0 Å². The lowest BCUT2D eigenvalue weighted by Crippen LogP contribution is -2.45. The average Bonchev–Trinajstić information content (AvgIpc) is 2.41. The van der Waals surface area contributed by atoms with Gasteiger partial charge in [-0.25, -0.2) is 13.0 Å². The molecule has 0 unspecified atom stereocenters. The van der Waals surface area contributed by atoms with Crippen molar-refractivity contribution in [2.75, 3.05) is 14.1 Å². The Morgan fingerprint density at radius 2 is 1.55 bits per heavy atom. The molecular formula is C15H19ClN2O3S. The van der Waals surface area contributed by atoms with Gasteiger partial charge in [-0.3, -0.25) is 0 Å². The van der Waals surface area contributed by atoms with Gasteiger partial charge in [0.1, 0.15) is 16.7 Å². The molecule has 2 N–H and O–H groups in total. The Kier molecular flexibility index (Phi) is 6.52. The fourth-order valence-corrected chi connectivity index (χ4v) is 2.34. The molecule has 120 valence electrons. The Hall–Kier alpha value is -1.44. The molecule has 0 amide bonds. The lowest BCUT2D eigenvalue weighted by atomic mass is 10.2. The first kappa shape index (κ1) is 18.6. The number of hydrogen-bond donors (Lipinski definition) is 1. The van der Waals surface area contributed by atoms with Gasteiger partial charge in [-0.1, -0.05) is 48.0 Å². The van der Waals surface area contributed by atoms with Crippen molar-refractivity contribution in [3.05, 3.63) is 65.2 Å². The largest absolute Gasteiger partial charge is 0.744 e. The quantitative estimate of drug-likeness (QED) is 0.402. The molecule has 2 rings (SSSR count). The first-order valence-electron chi connectivity index (χ1n) is 6.45. The summed E-state index contributed by atoms with van der Waals surface area (Å²) >= 11 is 5.96. The van der Waals surface area contributed by atoms with Crippen LogP contribution in [0.1, 0.15) is 5.56 Å². The van der Waals surface area contributed by atoms with Gasteiger partial charge in [-0.05, 0) is 18.2 Å². The summed E-state index contributed by atoms with van der Waals surface area (Å²) < 4.78 is 31.2. The predicted octanol–water partition coefficient (Wildman–Crippen LogP) is 2.38. The standard InChI is InChI=1S/C9H14ClN2.C6H6O3S/c1-12(2,11)7-8-5-3-4-6-9(8)10;7-10(8,9)6-4-2-1-3-5-6/h3-6H,7,11H2,1-2H3;1-5H,(H,7,8,9)/q+1;/p-1. The summed E-state index contributed by atoms with van der Waals surface area (Å²) in [7, 11) is -0.385. The van der Waals surface area contributed by atoms with Crippen LogP contribution in [0.4, 0.5) is 0 Å². The summed E-state index contributed by atoms with van der Waals surface area (Å²) in [4.78, 5) is -0.185. The normalized spacial score (nSPS) is 11.5. The van der Waals surface area contributed by atoms with Gasteiger partial charge in [0.25, 0.3) is 0 Å². The number of nitrogens with two attached hydrogens (primary N) is 1. The van der Waals surface area contributed by atoms with Crippen LogP contribution in [0.25, 0.3) is 0 Å². The minimum Gasteiger partial charge on any atom is -0.744 e. The second kappa shape index (κ2) is 7.71. The third-order valence-corrected chi connectivity index (χ3v) is 3.79. The van der Waals surface area contributed by atoms with Crippen LogP contribution in [0.3, 0.4) is 0 Å². The zero-order valence-corrected chi connectivity index (χ0v) is 14.0. The first-order valence-corrected chi connectivity index (χ1v) is 8.24. The highest BCUT2D eigenvalue weighted by atomic mass is 35.5. The Balaban J connectivity index is 0.000000224. The van der Waals surface area contributed by atoms with E-state index in [0.29, 0.717) is 4.59 Å². The lowest BCUT2D eigenvalue weighted by Gasteiger charge is -2.22. The van der Waals surface area contributed by atoms with E-state index in [4.69, 9.17) is 17.4 Å². The smallest absolute Gasteiger partial charge is 0.124 e. The SMILES string of the molecule is C[N+](C)(N)Cc1ccccc1Cl.O=S(=O)([O-])c1ccccc1. The van der Waals surface area contributed by atoms with E-state index in [2.05, 4.69) is 0 Å². The maximum atomic E-state index is 10.3. The van der Waals surface area contributed by atoms with E-state index in [1.165, 1.54) is 24.3 Å². The molecule has 0 aromatic heterocycles. The second-order valence-corrected chi connectivity index (χ2v) is 7.08. The van der Waals surface area contributed by atoms with Crippen molar-refractivity contribution in [2.24, 2.45) is 5.84 Å². The van der Waals surface area contributed by atoms with Crippen LogP contribution in [0, 0.1) is 0 Å². The molecule has 0 fully saturated rings. The van der Waals surface area contributed by atoms with Crippen LogP contribution in [0.5, 0.6) is 0 Å². The van der Waals surface area contributed by atoms with E-state index >= 15 is 0 Å². The highest BCUT2D eigenvalue weighted by Gasteiger charge is 2.11. The molecule has 0 bridgehead atoms. The number of quaternary nitrogens is 1. The van der Waals surface area contributed by atoms with E-state index in [1.54, 1.807) is 6.07 Å². The summed E-state index contributed by atoms with van der Waals surface area (Å²) in [6, 6.07) is 15.0. The number of halogens is 1. The fraction of sp³-hybridized carbons (Fsp3) is 0.200. The Morgan fingerprint density at radius 1 is 1.05 bits per heavy atom. The number of nitrogens with zero attached hydrogens (tertiary/aromatic N) is 1. The van der Waals surface area contributed by atoms with Gasteiger partial charge >= 0.3 is 0 Å². The van der Waals surface area contributed by atoms with Crippen molar-refractivity contribution in [1.29, 1.82) is 0 Å². The molecule has 0 aliphatic rings. The van der Waals surface area contributed by atoms with Crippen LogP contribution >= 0.6 is 11.6 Å². The van der Waals surface area contributed by atoms with Crippen molar-refractivity contribution < 1.29 is 17.6 Å². The lowest BCUT2D eigenvalue weighted by molar-refractivity contribution is -0.915. The average molecular weight is 343 g/mol. The van der Waals surface area contributed by atoms with E-state index in [9.17, 15) is 13.0 Å². The van der Waals surface area contributed by atoms with Gasteiger partial charge in [0.05, 0.1) is 19.0 Å². The van der Waals surface area contributed by atoms with Crippen LogP contribution in [0.2, 0.25) is 5.02 Å². The molecule has 0 saturated carbocycles. The first-order chi connectivity index (χ1) is 10.1. The van der Waals surface area contributed by atoms with Gasteiger partial charge < -0.3 is 4.55 Å². The van der Waals surface area contributed by atoms with E-state index in [-0.39, 0.29) is 4.90 Å². The highest BCUT2D eigenvalue weighted by Crippen LogP contribution is 2.16. The predicted molar refractivity (Wildman–Crippen MR) is 85.9 cm³/mol. The molecule has 2 aromatic carbocycles. The number of hydrogen-bond acceptors (Lipinski definition) is 4. The topological polar surface area (TPSA) is 83.2 Å². The minimum absolute atomic E-state index is 0.185. The third kappa shape index (κ3) is 7.02. The number of benzene rings is 2. The molecule has 0 atom stereocenters. The molecule has 0 radical (unpaired) electrons. The molecule has 0 spiro atoms. The highest BCUT2D eigenvalue weighted by molar-refractivity contribution is 7.85. The molecule has 0 heterocycles. The monoisotopic (exact) mass is 342 g/mol. The van der Waals surface area contributed by atoms with E-state index < -0.39 is 10.1 Å². The fourth-order valence-electron chi connectivity index (χ4n) is 1.65. The van der Waals surface area contributed by atoms with Crippen molar-refractivity contribution >= 4 is 21.7 Å². The van der Waals surface area contributed by atoms with Crippen molar-refractivity contribution in [3.63, 3.8) is 0 Å². The van der Waals surface area contributed by atoms with Gasteiger partial charge in [0.2, 0.25) is 0 Å².